The monoisotopic (exact) mass is 194 g/mol. The average Bonchev–Trinajstić information content (AvgIpc) is 2.29. The molecule has 0 fully saturated rings. The first-order valence-electron chi connectivity index (χ1n) is 5.45. The molecule has 0 N–H and O–H groups in total. The van der Waals surface area contributed by atoms with Crippen molar-refractivity contribution in [2.45, 2.75) is 54.0 Å². The van der Waals surface area contributed by atoms with Crippen molar-refractivity contribution in [2.75, 3.05) is 0 Å². The maximum absolute atomic E-state index is 4.50. The standard InChI is InChI=1S/C12H22N2/c1-6-7-14-9-11(10(2)13-14)8-12(3,4)5/h9H,6-8H2,1-5H3. The zero-order valence-electron chi connectivity index (χ0n) is 10.1. The minimum absolute atomic E-state index is 0.352. The molecule has 1 rings (SSSR count). The number of hydrogen-bond acceptors (Lipinski definition) is 1. The van der Waals surface area contributed by atoms with Crippen LogP contribution in [0.3, 0.4) is 0 Å². The van der Waals surface area contributed by atoms with Gasteiger partial charge in [-0.1, -0.05) is 27.7 Å². The lowest BCUT2D eigenvalue weighted by molar-refractivity contribution is 0.410. The Morgan fingerprint density at radius 1 is 1.36 bits per heavy atom. The Morgan fingerprint density at radius 3 is 2.50 bits per heavy atom. The SMILES string of the molecule is CCCn1cc(CC(C)(C)C)c(C)n1. The van der Waals surface area contributed by atoms with Gasteiger partial charge >= 0.3 is 0 Å². The van der Waals surface area contributed by atoms with Crippen LogP contribution < -0.4 is 0 Å². The molecule has 80 valence electrons. The molecule has 1 aromatic heterocycles. The molecule has 0 aliphatic carbocycles. The fraction of sp³-hybridized carbons (Fsp3) is 0.750. The van der Waals surface area contributed by atoms with E-state index in [0.717, 1.165) is 19.4 Å². The van der Waals surface area contributed by atoms with E-state index in [1.165, 1.54) is 11.3 Å². The predicted molar refractivity (Wildman–Crippen MR) is 60.4 cm³/mol. The van der Waals surface area contributed by atoms with Crippen LogP contribution in [0.2, 0.25) is 0 Å². The molecule has 0 aromatic carbocycles. The van der Waals surface area contributed by atoms with Crippen molar-refractivity contribution in [3.63, 3.8) is 0 Å². The van der Waals surface area contributed by atoms with Crippen molar-refractivity contribution in [1.29, 1.82) is 0 Å². The second kappa shape index (κ2) is 4.16. The zero-order chi connectivity index (χ0) is 10.8. The average molecular weight is 194 g/mol. The molecular weight excluding hydrogens is 172 g/mol. The molecule has 0 bridgehead atoms. The van der Waals surface area contributed by atoms with E-state index in [-0.39, 0.29) is 0 Å². The second-order valence-corrected chi connectivity index (χ2v) is 5.24. The van der Waals surface area contributed by atoms with Crippen LogP contribution in [-0.2, 0) is 13.0 Å². The first-order valence-corrected chi connectivity index (χ1v) is 5.45. The van der Waals surface area contributed by atoms with Gasteiger partial charge in [-0.25, -0.2) is 0 Å². The van der Waals surface area contributed by atoms with Crippen LogP contribution in [0.4, 0.5) is 0 Å². The number of rotatable bonds is 3. The number of aryl methyl sites for hydroxylation is 2. The summed E-state index contributed by atoms with van der Waals surface area (Å²) in [6.07, 6.45) is 4.46. The van der Waals surface area contributed by atoms with Gasteiger partial charge in [-0.15, -0.1) is 0 Å². The lowest BCUT2D eigenvalue weighted by atomic mass is 9.88. The summed E-state index contributed by atoms with van der Waals surface area (Å²) in [4.78, 5) is 0. The molecule has 0 radical (unpaired) electrons. The maximum atomic E-state index is 4.50. The van der Waals surface area contributed by atoms with Crippen LogP contribution in [-0.4, -0.2) is 9.78 Å². The van der Waals surface area contributed by atoms with Crippen LogP contribution >= 0.6 is 0 Å². The topological polar surface area (TPSA) is 17.8 Å². The first-order chi connectivity index (χ1) is 6.42. The Hall–Kier alpha value is -0.790. The molecular formula is C12H22N2. The molecule has 0 saturated heterocycles. The van der Waals surface area contributed by atoms with E-state index in [4.69, 9.17) is 0 Å². The molecule has 0 aliphatic heterocycles. The summed E-state index contributed by atoms with van der Waals surface area (Å²) in [5, 5.41) is 4.50. The summed E-state index contributed by atoms with van der Waals surface area (Å²) in [5.74, 6) is 0. The smallest absolute Gasteiger partial charge is 0.0625 e. The first kappa shape index (κ1) is 11.3. The fourth-order valence-electron chi connectivity index (χ4n) is 1.65. The van der Waals surface area contributed by atoms with E-state index >= 15 is 0 Å². The third kappa shape index (κ3) is 3.17. The van der Waals surface area contributed by atoms with Gasteiger partial charge in [0.1, 0.15) is 0 Å². The van der Waals surface area contributed by atoms with Gasteiger partial charge in [0.25, 0.3) is 0 Å². The highest BCUT2D eigenvalue weighted by Gasteiger charge is 2.14. The van der Waals surface area contributed by atoms with Crippen LogP contribution in [0.25, 0.3) is 0 Å². The van der Waals surface area contributed by atoms with E-state index < -0.39 is 0 Å². The van der Waals surface area contributed by atoms with Gasteiger partial charge in [-0.2, -0.15) is 5.10 Å². The molecule has 2 nitrogen and oxygen atoms in total. The van der Waals surface area contributed by atoms with E-state index in [1.54, 1.807) is 0 Å². The Morgan fingerprint density at radius 2 is 2.00 bits per heavy atom. The lowest BCUT2D eigenvalue weighted by Crippen LogP contribution is -2.09. The number of aromatic nitrogens is 2. The molecule has 14 heavy (non-hydrogen) atoms. The molecule has 0 saturated carbocycles. The second-order valence-electron chi connectivity index (χ2n) is 5.24. The molecule has 0 atom stereocenters. The molecule has 0 spiro atoms. The normalized spacial score (nSPS) is 12.1. The predicted octanol–water partition coefficient (Wildman–Crippen LogP) is 3.19. The number of nitrogens with zero attached hydrogens (tertiary/aromatic N) is 2. The Labute approximate surface area is 87.3 Å². The van der Waals surface area contributed by atoms with Crippen molar-refractivity contribution in [2.24, 2.45) is 5.41 Å². The Bertz CT molecular complexity index is 292. The Kier molecular flexibility index (Phi) is 3.35. The summed E-state index contributed by atoms with van der Waals surface area (Å²) in [6.45, 7) is 12.1. The Balaban J connectivity index is 2.77. The maximum Gasteiger partial charge on any atom is 0.0625 e. The van der Waals surface area contributed by atoms with Crippen molar-refractivity contribution in [3.8, 4) is 0 Å². The fourth-order valence-corrected chi connectivity index (χ4v) is 1.65. The van der Waals surface area contributed by atoms with Gasteiger partial charge in [0.05, 0.1) is 5.69 Å². The summed E-state index contributed by atoms with van der Waals surface area (Å²) < 4.78 is 2.07. The highest BCUT2D eigenvalue weighted by Crippen LogP contribution is 2.22. The lowest BCUT2D eigenvalue weighted by Gasteiger charge is -2.16. The third-order valence-corrected chi connectivity index (χ3v) is 2.22. The van der Waals surface area contributed by atoms with Crippen molar-refractivity contribution in [1.82, 2.24) is 9.78 Å². The van der Waals surface area contributed by atoms with Crippen LogP contribution in [0.15, 0.2) is 6.20 Å². The molecule has 1 aromatic rings. The van der Waals surface area contributed by atoms with Gasteiger partial charge in [0, 0.05) is 12.7 Å². The van der Waals surface area contributed by atoms with Gasteiger partial charge in [0.2, 0.25) is 0 Å². The van der Waals surface area contributed by atoms with Crippen molar-refractivity contribution >= 4 is 0 Å². The minimum Gasteiger partial charge on any atom is -0.272 e. The number of hydrogen-bond donors (Lipinski definition) is 0. The van der Waals surface area contributed by atoms with Gasteiger partial charge < -0.3 is 0 Å². The summed E-state index contributed by atoms with van der Waals surface area (Å²) >= 11 is 0. The van der Waals surface area contributed by atoms with Crippen LogP contribution in [0.1, 0.15) is 45.4 Å². The quantitative estimate of drug-likeness (QED) is 0.722. The van der Waals surface area contributed by atoms with Gasteiger partial charge in [-0.05, 0) is 30.7 Å². The van der Waals surface area contributed by atoms with E-state index in [0.29, 0.717) is 5.41 Å². The minimum atomic E-state index is 0.352. The summed E-state index contributed by atoms with van der Waals surface area (Å²) in [5.41, 5.74) is 2.93. The highest BCUT2D eigenvalue weighted by molar-refractivity contribution is 5.16. The molecule has 0 aliphatic rings. The summed E-state index contributed by atoms with van der Waals surface area (Å²) in [7, 11) is 0. The molecule has 0 unspecified atom stereocenters. The highest BCUT2D eigenvalue weighted by atomic mass is 15.3. The molecule has 1 heterocycles. The van der Waals surface area contributed by atoms with Crippen LogP contribution in [0.5, 0.6) is 0 Å². The van der Waals surface area contributed by atoms with Crippen LogP contribution in [0, 0.1) is 12.3 Å². The summed E-state index contributed by atoms with van der Waals surface area (Å²) in [6, 6.07) is 0. The van der Waals surface area contributed by atoms with Crippen molar-refractivity contribution in [3.05, 3.63) is 17.5 Å². The third-order valence-electron chi connectivity index (χ3n) is 2.22. The van der Waals surface area contributed by atoms with E-state index in [2.05, 4.69) is 50.6 Å². The molecule has 0 amide bonds. The van der Waals surface area contributed by atoms with Gasteiger partial charge in [0.15, 0.2) is 0 Å². The van der Waals surface area contributed by atoms with E-state index in [1.807, 2.05) is 0 Å². The zero-order valence-corrected chi connectivity index (χ0v) is 10.1. The van der Waals surface area contributed by atoms with Crippen molar-refractivity contribution < 1.29 is 0 Å². The van der Waals surface area contributed by atoms with E-state index in [9.17, 15) is 0 Å². The largest absolute Gasteiger partial charge is 0.272 e. The molecule has 2 heteroatoms. The van der Waals surface area contributed by atoms with Gasteiger partial charge in [-0.3, -0.25) is 4.68 Å².